The summed E-state index contributed by atoms with van der Waals surface area (Å²) in [5.74, 6) is 0. The number of fused-ring (bicyclic) bond motifs is 3. The van der Waals surface area contributed by atoms with Gasteiger partial charge in [0, 0.05) is 0 Å². The van der Waals surface area contributed by atoms with Crippen molar-refractivity contribution in [2.75, 3.05) is 0 Å². The zero-order valence-corrected chi connectivity index (χ0v) is 15.8. The van der Waals surface area contributed by atoms with E-state index in [1.807, 2.05) is 0 Å². The topological polar surface area (TPSA) is 0 Å². The molecule has 5 rings (SSSR count). The molecule has 1 aliphatic rings. The quantitative estimate of drug-likeness (QED) is 0.317. The van der Waals surface area contributed by atoms with Gasteiger partial charge >= 0.3 is 0 Å². The molecule has 0 nitrogen and oxygen atoms in total. The number of benzene rings is 4. The van der Waals surface area contributed by atoms with Gasteiger partial charge in [-0.3, -0.25) is 0 Å². The average Bonchev–Trinajstić information content (AvgIpc) is 3.07. The van der Waals surface area contributed by atoms with Gasteiger partial charge < -0.3 is 0 Å². The minimum absolute atomic E-state index is 1.01. The van der Waals surface area contributed by atoms with Crippen LogP contribution in [0, 0.1) is 13.8 Å². The second kappa shape index (κ2) is 6.25. The molecule has 0 bridgehead atoms. The molecule has 0 heteroatoms. The largest absolute Gasteiger partial charge is 0.0620 e. The fourth-order valence-corrected chi connectivity index (χ4v) is 4.36. The van der Waals surface area contributed by atoms with Crippen LogP contribution in [0.15, 0.2) is 84.9 Å². The van der Waals surface area contributed by atoms with E-state index < -0.39 is 0 Å². The smallest absolute Gasteiger partial charge is 0.000706 e. The number of hydrogen-bond acceptors (Lipinski definition) is 0. The Balaban J connectivity index is 1.82. The number of hydrogen-bond donors (Lipinski definition) is 0. The SMILES string of the molecule is Cc1ccc(-c2c(-c3ccccc3C)ccc3c2Cc2ccccc2-3)cc1. The maximum absolute atomic E-state index is 2.32. The van der Waals surface area contributed by atoms with Gasteiger partial charge in [-0.1, -0.05) is 90.5 Å². The molecule has 0 saturated carbocycles. The van der Waals surface area contributed by atoms with Crippen LogP contribution in [0.5, 0.6) is 0 Å². The fraction of sp³-hybridized carbons (Fsp3) is 0.111. The summed E-state index contributed by atoms with van der Waals surface area (Å²) >= 11 is 0. The van der Waals surface area contributed by atoms with Gasteiger partial charge in [-0.25, -0.2) is 0 Å². The average molecular weight is 346 g/mol. The highest BCUT2D eigenvalue weighted by molar-refractivity contribution is 5.94. The van der Waals surface area contributed by atoms with Crippen LogP contribution in [-0.2, 0) is 6.42 Å². The van der Waals surface area contributed by atoms with E-state index in [0.717, 1.165) is 6.42 Å². The lowest BCUT2D eigenvalue weighted by atomic mass is 9.86. The first-order valence-corrected chi connectivity index (χ1v) is 9.59. The van der Waals surface area contributed by atoms with Crippen molar-refractivity contribution >= 4 is 0 Å². The Morgan fingerprint density at radius 3 is 2.00 bits per heavy atom. The summed E-state index contributed by atoms with van der Waals surface area (Å²) in [7, 11) is 0. The Bertz CT molecular complexity index is 1150. The molecule has 0 radical (unpaired) electrons. The standard InChI is InChI=1S/C27H22/c1-18-11-13-20(14-12-18)27-25(22-9-5-3-7-19(22)2)16-15-24-23-10-6-4-8-21(23)17-26(24)27/h3-16H,17H2,1-2H3. The predicted molar refractivity (Wildman–Crippen MR) is 115 cm³/mol. The minimum atomic E-state index is 1.01. The highest BCUT2D eigenvalue weighted by Gasteiger charge is 2.24. The van der Waals surface area contributed by atoms with Crippen LogP contribution in [0.1, 0.15) is 22.3 Å². The Labute approximate surface area is 161 Å². The molecule has 0 atom stereocenters. The maximum atomic E-state index is 2.32. The summed E-state index contributed by atoms with van der Waals surface area (Å²) in [6.07, 6.45) is 1.01. The van der Waals surface area contributed by atoms with Gasteiger partial charge in [0.15, 0.2) is 0 Å². The molecule has 0 spiro atoms. The van der Waals surface area contributed by atoms with Crippen molar-refractivity contribution in [2.24, 2.45) is 0 Å². The molecule has 0 N–H and O–H groups in total. The van der Waals surface area contributed by atoms with Crippen LogP contribution >= 0.6 is 0 Å². The summed E-state index contributed by atoms with van der Waals surface area (Å²) in [4.78, 5) is 0. The molecule has 4 aromatic carbocycles. The zero-order chi connectivity index (χ0) is 18.4. The summed E-state index contributed by atoms with van der Waals surface area (Å²) in [5, 5.41) is 0. The monoisotopic (exact) mass is 346 g/mol. The number of aryl methyl sites for hydroxylation is 2. The molecular formula is C27H22. The number of rotatable bonds is 2. The third kappa shape index (κ3) is 2.61. The van der Waals surface area contributed by atoms with Gasteiger partial charge in [-0.15, -0.1) is 0 Å². The van der Waals surface area contributed by atoms with Gasteiger partial charge in [-0.2, -0.15) is 0 Å². The van der Waals surface area contributed by atoms with E-state index >= 15 is 0 Å². The van der Waals surface area contributed by atoms with E-state index in [0.29, 0.717) is 0 Å². The molecule has 0 amide bonds. The first kappa shape index (κ1) is 16.1. The fourth-order valence-electron chi connectivity index (χ4n) is 4.36. The molecule has 0 unspecified atom stereocenters. The van der Waals surface area contributed by atoms with E-state index in [1.165, 1.54) is 55.6 Å². The Morgan fingerprint density at radius 1 is 0.556 bits per heavy atom. The van der Waals surface area contributed by atoms with Crippen molar-refractivity contribution in [1.82, 2.24) is 0 Å². The van der Waals surface area contributed by atoms with Gasteiger partial charge in [0.05, 0.1) is 0 Å². The van der Waals surface area contributed by atoms with Crippen molar-refractivity contribution in [3.05, 3.63) is 107 Å². The lowest BCUT2D eigenvalue weighted by Gasteiger charge is -2.17. The van der Waals surface area contributed by atoms with Crippen LogP contribution in [0.2, 0.25) is 0 Å². The molecule has 130 valence electrons. The van der Waals surface area contributed by atoms with Crippen molar-refractivity contribution in [3.63, 3.8) is 0 Å². The Kier molecular flexibility index (Phi) is 3.72. The molecule has 0 fully saturated rings. The summed E-state index contributed by atoms with van der Waals surface area (Å²) in [5.41, 5.74) is 13.6. The molecule has 1 aliphatic carbocycles. The van der Waals surface area contributed by atoms with Crippen LogP contribution < -0.4 is 0 Å². The molecule has 27 heavy (non-hydrogen) atoms. The van der Waals surface area contributed by atoms with Crippen LogP contribution in [-0.4, -0.2) is 0 Å². The maximum Gasteiger partial charge on any atom is -0.000706 e. The van der Waals surface area contributed by atoms with Gasteiger partial charge in [0.1, 0.15) is 0 Å². The van der Waals surface area contributed by atoms with E-state index in [4.69, 9.17) is 0 Å². The minimum Gasteiger partial charge on any atom is -0.0620 e. The second-order valence-corrected chi connectivity index (χ2v) is 7.53. The summed E-state index contributed by atoms with van der Waals surface area (Å²) < 4.78 is 0. The Hall–Kier alpha value is -3.12. The zero-order valence-electron chi connectivity index (χ0n) is 15.8. The van der Waals surface area contributed by atoms with Crippen molar-refractivity contribution in [1.29, 1.82) is 0 Å². The van der Waals surface area contributed by atoms with Gasteiger partial charge in [0.2, 0.25) is 0 Å². The first-order valence-electron chi connectivity index (χ1n) is 9.59. The first-order chi connectivity index (χ1) is 13.2. The van der Waals surface area contributed by atoms with Crippen LogP contribution in [0.25, 0.3) is 33.4 Å². The van der Waals surface area contributed by atoms with Crippen LogP contribution in [0.3, 0.4) is 0 Å². The van der Waals surface area contributed by atoms with E-state index in [9.17, 15) is 0 Å². The van der Waals surface area contributed by atoms with E-state index in [2.05, 4.69) is 98.8 Å². The highest BCUT2D eigenvalue weighted by atomic mass is 14.3. The third-order valence-electron chi connectivity index (χ3n) is 5.76. The van der Waals surface area contributed by atoms with E-state index in [1.54, 1.807) is 0 Å². The Morgan fingerprint density at radius 2 is 1.22 bits per heavy atom. The van der Waals surface area contributed by atoms with Crippen LogP contribution in [0.4, 0.5) is 0 Å². The lowest BCUT2D eigenvalue weighted by molar-refractivity contribution is 1.26. The summed E-state index contributed by atoms with van der Waals surface area (Å²) in [6, 6.07) is 31.2. The second-order valence-electron chi connectivity index (χ2n) is 7.53. The van der Waals surface area contributed by atoms with Crippen molar-refractivity contribution in [3.8, 4) is 33.4 Å². The molecule has 0 heterocycles. The van der Waals surface area contributed by atoms with Gasteiger partial charge in [0.25, 0.3) is 0 Å². The van der Waals surface area contributed by atoms with Gasteiger partial charge in [-0.05, 0) is 70.3 Å². The highest BCUT2D eigenvalue weighted by Crippen LogP contribution is 2.46. The summed E-state index contributed by atoms with van der Waals surface area (Å²) in [6.45, 7) is 4.35. The molecule has 0 saturated heterocycles. The molecule has 0 aromatic heterocycles. The predicted octanol–water partition coefficient (Wildman–Crippen LogP) is 7.21. The van der Waals surface area contributed by atoms with Crippen molar-refractivity contribution in [2.45, 2.75) is 20.3 Å². The third-order valence-corrected chi connectivity index (χ3v) is 5.76. The van der Waals surface area contributed by atoms with E-state index in [-0.39, 0.29) is 0 Å². The van der Waals surface area contributed by atoms with Crippen molar-refractivity contribution < 1.29 is 0 Å². The molecule has 0 aliphatic heterocycles. The lowest BCUT2D eigenvalue weighted by Crippen LogP contribution is -1.94. The molecular weight excluding hydrogens is 324 g/mol. The normalized spacial score (nSPS) is 11.9. The molecule has 4 aromatic rings.